The van der Waals surface area contributed by atoms with Gasteiger partial charge in [-0.3, -0.25) is 9.59 Å². The summed E-state index contributed by atoms with van der Waals surface area (Å²) in [6, 6.07) is 17.5. The third-order valence-corrected chi connectivity index (χ3v) is 4.54. The van der Waals surface area contributed by atoms with E-state index in [2.05, 4.69) is 0 Å². The Labute approximate surface area is 134 Å². The summed E-state index contributed by atoms with van der Waals surface area (Å²) in [7, 11) is 0. The maximum Gasteiger partial charge on any atom is 0.322 e. The molecule has 23 heavy (non-hydrogen) atoms. The minimum absolute atomic E-state index is 0.104. The molecule has 0 amide bonds. The zero-order chi connectivity index (χ0) is 15.8. The van der Waals surface area contributed by atoms with Crippen molar-refractivity contribution in [3.05, 3.63) is 77.0 Å². The molecule has 3 nitrogen and oxygen atoms in total. The van der Waals surface area contributed by atoms with Crippen LogP contribution in [0.1, 0.15) is 23.1 Å². The van der Waals surface area contributed by atoms with Crippen LogP contribution in [0, 0.1) is 5.92 Å². The molecule has 0 saturated carbocycles. The Morgan fingerprint density at radius 3 is 2.48 bits per heavy atom. The molecule has 0 radical (unpaired) electrons. The molecule has 0 fully saturated rings. The largest absolute Gasteiger partial charge is 0.430 e. The molecule has 0 aromatic heterocycles. The number of carbonyl (C=O) groups excluding carboxylic acids is 2. The first kappa shape index (κ1) is 13.9. The fourth-order valence-corrected chi connectivity index (χ4v) is 3.38. The van der Waals surface area contributed by atoms with Crippen LogP contribution >= 0.6 is 0 Å². The van der Waals surface area contributed by atoms with E-state index in [1.54, 1.807) is 0 Å². The molecule has 0 bridgehead atoms. The van der Waals surface area contributed by atoms with Crippen LogP contribution in [0.3, 0.4) is 0 Å². The van der Waals surface area contributed by atoms with Gasteiger partial charge in [0.25, 0.3) is 0 Å². The van der Waals surface area contributed by atoms with Gasteiger partial charge < -0.3 is 4.74 Å². The van der Waals surface area contributed by atoms with Crippen molar-refractivity contribution in [3.8, 4) is 0 Å². The molecule has 4 rings (SSSR count). The summed E-state index contributed by atoms with van der Waals surface area (Å²) < 4.78 is 5.52. The van der Waals surface area contributed by atoms with Gasteiger partial charge >= 0.3 is 5.97 Å². The van der Waals surface area contributed by atoms with E-state index in [-0.39, 0.29) is 5.78 Å². The van der Waals surface area contributed by atoms with Crippen LogP contribution in [0.25, 0.3) is 5.57 Å². The molecule has 2 aliphatic rings. The molecule has 1 atom stereocenters. The number of Topliss-reactive ketones (excluding diaryl/α,β-unsaturated/α-hetero) is 1. The number of ketones is 1. The van der Waals surface area contributed by atoms with E-state index in [1.165, 1.54) is 0 Å². The number of fused-ring (bicyclic) bond motifs is 2. The Kier molecular flexibility index (Phi) is 3.34. The molecule has 2 aromatic rings. The average molecular weight is 304 g/mol. The lowest BCUT2D eigenvalue weighted by Crippen LogP contribution is -2.35. The summed E-state index contributed by atoms with van der Waals surface area (Å²) in [6.45, 7) is 0. The van der Waals surface area contributed by atoms with Crippen LogP contribution in [0.2, 0.25) is 0 Å². The lowest BCUT2D eigenvalue weighted by Gasteiger charge is -2.29. The highest BCUT2D eigenvalue weighted by Gasteiger charge is 2.40. The molecule has 1 unspecified atom stereocenters. The SMILES string of the molecule is O=C1OC2=C(C(=O)C1Cc1ccccc1)c1ccccc1CC2. The molecule has 1 aliphatic heterocycles. The maximum absolute atomic E-state index is 13.0. The first-order chi connectivity index (χ1) is 11.2. The van der Waals surface area contributed by atoms with Gasteiger partial charge in [-0.1, -0.05) is 54.6 Å². The number of benzene rings is 2. The van der Waals surface area contributed by atoms with E-state index in [9.17, 15) is 9.59 Å². The lowest BCUT2D eigenvalue weighted by atomic mass is 9.80. The lowest BCUT2D eigenvalue weighted by molar-refractivity contribution is -0.148. The Morgan fingerprint density at radius 2 is 1.65 bits per heavy atom. The van der Waals surface area contributed by atoms with Crippen molar-refractivity contribution >= 4 is 17.3 Å². The smallest absolute Gasteiger partial charge is 0.322 e. The number of rotatable bonds is 2. The fraction of sp³-hybridized carbons (Fsp3) is 0.200. The fourth-order valence-electron chi connectivity index (χ4n) is 3.38. The predicted octanol–water partition coefficient (Wildman–Crippen LogP) is 3.33. The molecule has 0 saturated heterocycles. The van der Waals surface area contributed by atoms with E-state index < -0.39 is 11.9 Å². The number of hydrogen-bond donors (Lipinski definition) is 0. The summed E-state index contributed by atoms with van der Waals surface area (Å²) in [5, 5.41) is 0. The normalized spacial score (nSPS) is 19.9. The molecule has 1 heterocycles. The van der Waals surface area contributed by atoms with Crippen molar-refractivity contribution in [2.45, 2.75) is 19.3 Å². The molecule has 0 spiro atoms. The van der Waals surface area contributed by atoms with Gasteiger partial charge in [0.2, 0.25) is 0 Å². The molecule has 114 valence electrons. The zero-order valence-electron chi connectivity index (χ0n) is 12.6. The summed E-state index contributed by atoms with van der Waals surface area (Å²) in [4.78, 5) is 25.3. The highest BCUT2D eigenvalue weighted by atomic mass is 16.5. The third-order valence-electron chi connectivity index (χ3n) is 4.54. The Bertz CT molecular complexity index is 818. The van der Waals surface area contributed by atoms with Crippen molar-refractivity contribution in [1.82, 2.24) is 0 Å². The average Bonchev–Trinajstić information content (AvgIpc) is 2.59. The second-order valence-corrected chi connectivity index (χ2v) is 5.98. The van der Waals surface area contributed by atoms with Gasteiger partial charge in [0.05, 0.1) is 5.57 Å². The molecular weight excluding hydrogens is 288 g/mol. The molecule has 2 aromatic carbocycles. The number of esters is 1. The first-order valence-corrected chi connectivity index (χ1v) is 7.85. The van der Waals surface area contributed by atoms with Gasteiger partial charge in [-0.15, -0.1) is 0 Å². The quantitative estimate of drug-likeness (QED) is 0.631. The second-order valence-electron chi connectivity index (χ2n) is 5.98. The van der Waals surface area contributed by atoms with E-state index in [4.69, 9.17) is 4.74 Å². The number of allylic oxidation sites excluding steroid dienone is 2. The van der Waals surface area contributed by atoms with Crippen LogP contribution < -0.4 is 0 Å². The van der Waals surface area contributed by atoms with Crippen LogP contribution in [0.5, 0.6) is 0 Å². The number of hydrogen-bond acceptors (Lipinski definition) is 3. The Morgan fingerprint density at radius 1 is 0.913 bits per heavy atom. The van der Waals surface area contributed by atoms with Gasteiger partial charge in [-0.05, 0) is 29.5 Å². The van der Waals surface area contributed by atoms with E-state index in [1.807, 2.05) is 54.6 Å². The number of carbonyl (C=O) groups is 2. The van der Waals surface area contributed by atoms with Gasteiger partial charge in [-0.2, -0.15) is 0 Å². The molecular formula is C20H16O3. The predicted molar refractivity (Wildman–Crippen MR) is 86.4 cm³/mol. The van der Waals surface area contributed by atoms with E-state index >= 15 is 0 Å². The van der Waals surface area contributed by atoms with Gasteiger partial charge in [-0.25, -0.2) is 0 Å². The number of aryl methyl sites for hydroxylation is 1. The summed E-state index contributed by atoms with van der Waals surface area (Å²) in [6.07, 6.45) is 1.80. The summed E-state index contributed by atoms with van der Waals surface area (Å²) in [5.74, 6) is -0.727. The summed E-state index contributed by atoms with van der Waals surface area (Å²) >= 11 is 0. The van der Waals surface area contributed by atoms with Crippen LogP contribution in [-0.2, 0) is 27.2 Å². The zero-order valence-corrected chi connectivity index (χ0v) is 12.6. The Balaban J connectivity index is 1.72. The summed E-state index contributed by atoms with van der Waals surface area (Å²) in [5.41, 5.74) is 3.64. The highest BCUT2D eigenvalue weighted by Crippen LogP contribution is 2.38. The highest BCUT2D eigenvalue weighted by molar-refractivity contribution is 6.29. The van der Waals surface area contributed by atoms with Crippen molar-refractivity contribution in [1.29, 1.82) is 0 Å². The molecule has 3 heteroatoms. The van der Waals surface area contributed by atoms with Crippen LogP contribution in [0.4, 0.5) is 0 Å². The second kappa shape index (κ2) is 5.51. The minimum atomic E-state index is -0.748. The third kappa shape index (κ3) is 2.38. The van der Waals surface area contributed by atoms with Crippen molar-refractivity contribution < 1.29 is 14.3 Å². The van der Waals surface area contributed by atoms with Crippen molar-refractivity contribution in [3.63, 3.8) is 0 Å². The molecule has 1 aliphatic carbocycles. The minimum Gasteiger partial charge on any atom is -0.430 e. The standard InChI is InChI=1S/C20H16O3/c21-19-16(12-13-6-2-1-3-7-13)20(22)23-17-11-10-14-8-4-5-9-15(14)18(17)19/h1-9,16H,10-12H2. The first-order valence-electron chi connectivity index (χ1n) is 7.85. The van der Waals surface area contributed by atoms with E-state index in [0.717, 1.165) is 23.1 Å². The van der Waals surface area contributed by atoms with E-state index in [0.29, 0.717) is 24.2 Å². The van der Waals surface area contributed by atoms with Gasteiger partial charge in [0, 0.05) is 6.42 Å². The Hall–Kier alpha value is -2.68. The topological polar surface area (TPSA) is 43.4 Å². The van der Waals surface area contributed by atoms with Gasteiger partial charge in [0.1, 0.15) is 11.7 Å². The maximum atomic E-state index is 13.0. The van der Waals surface area contributed by atoms with Gasteiger partial charge in [0.15, 0.2) is 5.78 Å². The van der Waals surface area contributed by atoms with Crippen LogP contribution in [0.15, 0.2) is 60.4 Å². The number of ether oxygens (including phenoxy) is 1. The van der Waals surface area contributed by atoms with Crippen molar-refractivity contribution in [2.24, 2.45) is 5.92 Å². The van der Waals surface area contributed by atoms with Crippen molar-refractivity contribution in [2.75, 3.05) is 0 Å². The molecule has 0 N–H and O–H groups in total. The van der Waals surface area contributed by atoms with Crippen LogP contribution in [-0.4, -0.2) is 11.8 Å². The monoisotopic (exact) mass is 304 g/mol.